The van der Waals surface area contributed by atoms with Crippen molar-refractivity contribution in [3.8, 4) is 5.75 Å². The summed E-state index contributed by atoms with van der Waals surface area (Å²) in [4.78, 5) is 14.6. The van der Waals surface area contributed by atoms with Crippen LogP contribution in [0.4, 0.5) is 5.69 Å². The van der Waals surface area contributed by atoms with E-state index in [-0.39, 0.29) is 5.69 Å². The van der Waals surface area contributed by atoms with Crippen molar-refractivity contribution >= 4 is 23.0 Å². The minimum absolute atomic E-state index is 0.0319. The van der Waals surface area contributed by atoms with Crippen LogP contribution in [0.25, 0.3) is 5.52 Å². The first kappa shape index (κ1) is 14.4. The summed E-state index contributed by atoms with van der Waals surface area (Å²) >= 11 is 1.58. The van der Waals surface area contributed by atoms with Gasteiger partial charge in [-0.3, -0.25) is 14.5 Å². The fraction of sp³-hybridized carbons (Fsp3) is 0.133. The van der Waals surface area contributed by atoms with Crippen molar-refractivity contribution in [2.24, 2.45) is 0 Å². The van der Waals surface area contributed by atoms with E-state index in [0.717, 1.165) is 10.7 Å². The Morgan fingerprint density at radius 1 is 1.27 bits per heavy atom. The summed E-state index contributed by atoms with van der Waals surface area (Å²) in [6.45, 7) is 0.452. The van der Waals surface area contributed by atoms with Crippen molar-refractivity contribution in [1.82, 2.24) is 9.38 Å². The number of fused-ring (bicyclic) bond motifs is 1. The molecule has 0 atom stereocenters. The monoisotopic (exact) mass is 315 g/mol. The number of nitro groups is 1. The number of nitro benzene ring substituents is 1. The van der Waals surface area contributed by atoms with Crippen molar-refractivity contribution in [3.05, 3.63) is 65.0 Å². The van der Waals surface area contributed by atoms with E-state index in [2.05, 4.69) is 4.98 Å². The highest BCUT2D eigenvalue weighted by Gasteiger charge is 2.07. The first-order valence-electron chi connectivity index (χ1n) is 6.66. The van der Waals surface area contributed by atoms with Crippen molar-refractivity contribution in [1.29, 1.82) is 0 Å². The molecule has 0 amide bonds. The number of thioether (sulfide) groups is 1. The van der Waals surface area contributed by atoms with E-state index in [4.69, 9.17) is 4.74 Å². The third-order valence-electron chi connectivity index (χ3n) is 3.02. The molecule has 2 aromatic heterocycles. The Labute approximate surface area is 130 Å². The molecule has 2 heterocycles. The summed E-state index contributed by atoms with van der Waals surface area (Å²) in [7, 11) is 0. The maximum absolute atomic E-state index is 10.7. The predicted molar refractivity (Wildman–Crippen MR) is 84.5 cm³/mol. The maximum Gasteiger partial charge on any atom is 0.273 e. The Hall–Kier alpha value is -2.54. The van der Waals surface area contributed by atoms with Crippen LogP contribution in [0.15, 0.2) is 60.0 Å². The number of non-ortho nitro benzene ring substituents is 1. The van der Waals surface area contributed by atoms with Gasteiger partial charge in [-0.15, -0.1) is 0 Å². The molecule has 7 heteroatoms. The number of aromatic nitrogens is 2. The van der Waals surface area contributed by atoms with Crippen molar-refractivity contribution < 1.29 is 9.66 Å². The molecule has 0 bridgehead atoms. The number of nitrogens with zero attached hydrogens (tertiary/aromatic N) is 3. The van der Waals surface area contributed by atoms with Gasteiger partial charge in [0.1, 0.15) is 5.75 Å². The van der Waals surface area contributed by atoms with Gasteiger partial charge in [0.25, 0.3) is 5.69 Å². The second-order valence-corrected chi connectivity index (χ2v) is 5.55. The predicted octanol–water partition coefficient (Wildman–Crippen LogP) is 3.41. The van der Waals surface area contributed by atoms with Gasteiger partial charge in [-0.05, 0) is 18.2 Å². The van der Waals surface area contributed by atoms with Gasteiger partial charge in [-0.25, -0.2) is 4.98 Å². The Balaban J connectivity index is 1.55. The van der Waals surface area contributed by atoms with Crippen LogP contribution in [-0.2, 0) is 0 Å². The van der Waals surface area contributed by atoms with E-state index in [9.17, 15) is 10.1 Å². The smallest absolute Gasteiger partial charge is 0.273 e. The fourth-order valence-corrected chi connectivity index (χ4v) is 2.79. The quantitative estimate of drug-likeness (QED) is 0.302. The van der Waals surface area contributed by atoms with Crippen LogP contribution in [0.5, 0.6) is 5.75 Å². The van der Waals surface area contributed by atoms with E-state index < -0.39 is 4.92 Å². The molecule has 0 aliphatic heterocycles. The van der Waals surface area contributed by atoms with Crippen LogP contribution >= 0.6 is 11.8 Å². The number of benzene rings is 1. The molecule has 22 heavy (non-hydrogen) atoms. The lowest BCUT2D eigenvalue weighted by atomic mass is 10.3. The molecular weight excluding hydrogens is 302 g/mol. The summed E-state index contributed by atoms with van der Waals surface area (Å²) in [5, 5.41) is 11.6. The molecule has 0 radical (unpaired) electrons. The second-order valence-electron chi connectivity index (χ2n) is 4.49. The van der Waals surface area contributed by atoms with E-state index in [1.165, 1.54) is 12.1 Å². The fourth-order valence-electron chi connectivity index (χ4n) is 2.01. The van der Waals surface area contributed by atoms with Crippen molar-refractivity contribution in [3.63, 3.8) is 0 Å². The van der Waals surface area contributed by atoms with Crippen molar-refractivity contribution in [2.45, 2.75) is 5.16 Å². The number of hydrogen-bond acceptors (Lipinski definition) is 5. The number of hydrogen-bond donors (Lipinski definition) is 0. The Bertz CT molecular complexity index is 803. The number of ether oxygens (including phenoxy) is 1. The normalized spacial score (nSPS) is 10.7. The molecule has 0 aliphatic rings. The van der Waals surface area contributed by atoms with Gasteiger partial charge in [-0.2, -0.15) is 0 Å². The number of imidazole rings is 1. The van der Waals surface area contributed by atoms with Gasteiger partial charge in [0.15, 0.2) is 5.16 Å². The lowest BCUT2D eigenvalue weighted by Gasteiger charge is -2.05. The van der Waals surface area contributed by atoms with Crippen LogP contribution in [0.3, 0.4) is 0 Å². The Morgan fingerprint density at radius 3 is 3.05 bits per heavy atom. The van der Waals surface area contributed by atoms with Gasteiger partial charge in [-0.1, -0.05) is 23.9 Å². The molecule has 0 spiro atoms. The van der Waals surface area contributed by atoms with Crippen LogP contribution in [0.2, 0.25) is 0 Å². The highest BCUT2D eigenvalue weighted by molar-refractivity contribution is 7.99. The lowest BCUT2D eigenvalue weighted by molar-refractivity contribution is -0.384. The van der Waals surface area contributed by atoms with Gasteiger partial charge in [0, 0.05) is 18.0 Å². The highest BCUT2D eigenvalue weighted by atomic mass is 32.2. The van der Waals surface area contributed by atoms with Gasteiger partial charge in [0.05, 0.1) is 29.3 Å². The zero-order valence-electron chi connectivity index (χ0n) is 11.6. The molecule has 0 saturated carbocycles. The minimum atomic E-state index is -0.432. The second kappa shape index (κ2) is 6.48. The minimum Gasteiger partial charge on any atom is -0.492 e. The average Bonchev–Trinajstić information content (AvgIpc) is 2.95. The highest BCUT2D eigenvalue weighted by Crippen LogP contribution is 2.21. The molecule has 6 nitrogen and oxygen atoms in total. The van der Waals surface area contributed by atoms with E-state index >= 15 is 0 Å². The largest absolute Gasteiger partial charge is 0.492 e. The molecule has 0 fully saturated rings. The zero-order valence-corrected chi connectivity index (χ0v) is 12.4. The Morgan fingerprint density at radius 2 is 2.18 bits per heavy atom. The molecular formula is C15H13N3O3S. The molecule has 3 rings (SSSR count). The standard InChI is InChI=1S/C15H13N3O3S/c19-18(20)12-5-3-6-14(10-12)21-8-9-22-15-16-11-13-4-1-2-7-17(13)15/h1-7,10-11H,8-9H2. The maximum atomic E-state index is 10.7. The molecule has 112 valence electrons. The Kier molecular flexibility index (Phi) is 4.24. The van der Waals surface area contributed by atoms with Crippen LogP contribution in [-0.4, -0.2) is 26.7 Å². The summed E-state index contributed by atoms with van der Waals surface area (Å²) < 4.78 is 7.56. The molecule has 1 aromatic carbocycles. The lowest BCUT2D eigenvalue weighted by Crippen LogP contribution is -2.01. The van der Waals surface area contributed by atoms with Crippen LogP contribution in [0.1, 0.15) is 0 Å². The van der Waals surface area contributed by atoms with Gasteiger partial charge in [0.2, 0.25) is 0 Å². The van der Waals surface area contributed by atoms with Crippen molar-refractivity contribution in [2.75, 3.05) is 12.4 Å². The summed E-state index contributed by atoms with van der Waals surface area (Å²) in [5.41, 5.74) is 1.08. The average molecular weight is 315 g/mol. The van der Waals surface area contributed by atoms with Gasteiger partial charge >= 0.3 is 0 Å². The zero-order chi connectivity index (χ0) is 15.4. The van der Waals surface area contributed by atoms with Crippen LogP contribution < -0.4 is 4.74 Å². The molecule has 0 N–H and O–H groups in total. The molecule has 0 unspecified atom stereocenters. The molecule has 0 aliphatic carbocycles. The first-order valence-corrected chi connectivity index (χ1v) is 7.65. The van der Waals surface area contributed by atoms with E-state index in [1.807, 2.05) is 35.0 Å². The topological polar surface area (TPSA) is 69.7 Å². The third-order valence-corrected chi connectivity index (χ3v) is 3.95. The summed E-state index contributed by atoms with van der Waals surface area (Å²) in [6, 6.07) is 12.1. The summed E-state index contributed by atoms with van der Waals surface area (Å²) in [6.07, 6.45) is 3.79. The van der Waals surface area contributed by atoms with Crippen LogP contribution in [0, 0.1) is 10.1 Å². The summed E-state index contributed by atoms with van der Waals surface area (Å²) in [5.74, 6) is 1.21. The SMILES string of the molecule is O=[N+]([O-])c1cccc(OCCSc2ncc3ccccn23)c1. The van der Waals surface area contributed by atoms with Gasteiger partial charge < -0.3 is 4.74 Å². The molecule has 0 saturated heterocycles. The molecule has 3 aromatic rings. The number of rotatable bonds is 6. The van der Waals surface area contributed by atoms with E-state index in [1.54, 1.807) is 23.9 Å². The third kappa shape index (κ3) is 3.20. The van der Waals surface area contributed by atoms with E-state index in [0.29, 0.717) is 18.1 Å². The number of pyridine rings is 1. The first-order chi connectivity index (χ1) is 10.7.